The molecule has 0 bridgehead atoms. The van der Waals surface area contributed by atoms with E-state index in [-0.39, 0.29) is 5.56 Å². The summed E-state index contributed by atoms with van der Waals surface area (Å²) in [6.07, 6.45) is 8.64. The Kier molecular flexibility index (Phi) is 4.43. The third-order valence-corrected chi connectivity index (χ3v) is 6.09. The zero-order chi connectivity index (χ0) is 20.0. The third-order valence-electron chi connectivity index (χ3n) is 6.09. The van der Waals surface area contributed by atoms with Crippen LogP contribution in [0.2, 0.25) is 0 Å². The predicted octanol–water partition coefficient (Wildman–Crippen LogP) is 2.48. The number of piperazine rings is 1. The van der Waals surface area contributed by atoms with Crippen LogP contribution >= 0.6 is 0 Å². The number of nitrogens with zero attached hydrogens (tertiary/aromatic N) is 4. The Hall–Kier alpha value is -2.99. The van der Waals surface area contributed by atoms with Crippen molar-refractivity contribution in [2.45, 2.75) is 6.54 Å². The molecule has 0 saturated carbocycles. The lowest BCUT2D eigenvalue weighted by Gasteiger charge is -2.37. The number of hydrogen-bond acceptors (Lipinski definition) is 4. The van der Waals surface area contributed by atoms with E-state index in [1.165, 1.54) is 11.3 Å². The summed E-state index contributed by atoms with van der Waals surface area (Å²) in [6.45, 7) is 6.07. The summed E-state index contributed by atoms with van der Waals surface area (Å²) in [5.74, 6) is 0. The topological polar surface area (TPSA) is 47.5 Å². The fraction of sp³-hybridized carbons (Fsp3) is 0.348. The zero-order valence-electron chi connectivity index (χ0n) is 17.1. The molecule has 3 aromatic rings. The Labute approximate surface area is 170 Å². The van der Waals surface area contributed by atoms with Gasteiger partial charge in [0.05, 0.1) is 5.70 Å². The van der Waals surface area contributed by atoms with Crippen molar-refractivity contribution < 1.29 is 0 Å². The molecule has 6 nitrogen and oxygen atoms in total. The maximum Gasteiger partial charge on any atom is 0.272 e. The van der Waals surface area contributed by atoms with E-state index in [0.29, 0.717) is 0 Å². The molecule has 1 aromatic carbocycles. The van der Waals surface area contributed by atoms with E-state index in [0.717, 1.165) is 61.1 Å². The van der Waals surface area contributed by atoms with Gasteiger partial charge in [-0.1, -0.05) is 18.2 Å². The summed E-state index contributed by atoms with van der Waals surface area (Å²) in [7, 11) is 4.03. The molecule has 2 aromatic heterocycles. The molecule has 0 radical (unpaired) electrons. The molecule has 2 aliphatic heterocycles. The van der Waals surface area contributed by atoms with Gasteiger partial charge in [0.2, 0.25) is 0 Å². The van der Waals surface area contributed by atoms with Crippen LogP contribution < -0.4 is 5.56 Å². The average Bonchev–Trinajstić information content (AvgIpc) is 3.11. The van der Waals surface area contributed by atoms with Crippen molar-refractivity contribution in [3.8, 4) is 0 Å². The molecule has 0 amide bonds. The van der Waals surface area contributed by atoms with Gasteiger partial charge in [-0.25, -0.2) is 0 Å². The molecule has 6 heteroatoms. The van der Waals surface area contributed by atoms with Crippen LogP contribution in [0.25, 0.3) is 21.8 Å². The number of aromatic amines is 1. The van der Waals surface area contributed by atoms with Crippen LogP contribution in [0, 0.1) is 0 Å². The van der Waals surface area contributed by atoms with Crippen molar-refractivity contribution in [3.63, 3.8) is 0 Å². The van der Waals surface area contributed by atoms with Gasteiger partial charge in [0.25, 0.3) is 5.56 Å². The van der Waals surface area contributed by atoms with E-state index in [1.807, 2.05) is 23.9 Å². The monoisotopic (exact) mass is 389 g/mol. The van der Waals surface area contributed by atoms with Gasteiger partial charge < -0.3 is 19.4 Å². The minimum atomic E-state index is -0.0236. The first-order valence-corrected chi connectivity index (χ1v) is 10.2. The number of pyridine rings is 1. The summed E-state index contributed by atoms with van der Waals surface area (Å²) in [5, 5.41) is 2.12. The average molecular weight is 390 g/mol. The van der Waals surface area contributed by atoms with Crippen LogP contribution in [0.4, 0.5) is 0 Å². The van der Waals surface area contributed by atoms with Crippen molar-refractivity contribution in [2.24, 2.45) is 7.05 Å². The first kappa shape index (κ1) is 18.1. The highest BCUT2D eigenvalue weighted by molar-refractivity contribution is 6.04. The minimum Gasteiger partial charge on any atom is -0.375 e. The Balaban J connectivity index is 1.32. The Bertz CT molecular complexity index is 1180. The number of benzene rings is 1. The smallest absolute Gasteiger partial charge is 0.272 e. The Morgan fingerprint density at radius 2 is 1.86 bits per heavy atom. The molecule has 5 rings (SSSR count). The van der Waals surface area contributed by atoms with Crippen molar-refractivity contribution >= 4 is 21.8 Å². The zero-order valence-corrected chi connectivity index (χ0v) is 17.1. The van der Waals surface area contributed by atoms with Gasteiger partial charge in [-0.3, -0.25) is 9.69 Å². The van der Waals surface area contributed by atoms with Gasteiger partial charge in [-0.15, -0.1) is 0 Å². The largest absolute Gasteiger partial charge is 0.375 e. The molecular weight excluding hydrogens is 362 g/mol. The van der Waals surface area contributed by atoms with Crippen molar-refractivity contribution in [1.29, 1.82) is 0 Å². The second-order valence-electron chi connectivity index (χ2n) is 8.18. The molecular formula is C23H27N5O. The van der Waals surface area contributed by atoms with Gasteiger partial charge >= 0.3 is 0 Å². The fourth-order valence-electron chi connectivity index (χ4n) is 4.51. The molecule has 0 aliphatic carbocycles. The molecule has 4 heterocycles. The number of nitrogens with one attached hydrogen (secondary N) is 1. The third kappa shape index (κ3) is 3.34. The molecule has 0 atom stereocenters. The highest BCUT2D eigenvalue weighted by Gasteiger charge is 2.19. The van der Waals surface area contributed by atoms with Gasteiger partial charge in [-0.05, 0) is 23.8 Å². The summed E-state index contributed by atoms with van der Waals surface area (Å²) in [4.78, 5) is 22.7. The van der Waals surface area contributed by atoms with E-state index in [4.69, 9.17) is 0 Å². The SMILES string of the molecule is CN1C=C(N2CCN(Cc3ccc4c(c3)[nH]c(=O)c3c4ccn3C)CC2)C=CC1. The number of allylic oxidation sites excluding steroid dienone is 1. The fourth-order valence-corrected chi connectivity index (χ4v) is 4.51. The minimum absolute atomic E-state index is 0.0236. The quantitative estimate of drug-likeness (QED) is 0.748. The summed E-state index contributed by atoms with van der Waals surface area (Å²) >= 11 is 0. The molecule has 1 N–H and O–H groups in total. The van der Waals surface area contributed by atoms with Crippen LogP contribution in [0.5, 0.6) is 0 Å². The van der Waals surface area contributed by atoms with Crippen molar-refractivity contribution in [3.05, 3.63) is 70.4 Å². The van der Waals surface area contributed by atoms with Crippen LogP contribution in [0.15, 0.2) is 59.3 Å². The van der Waals surface area contributed by atoms with E-state index >= 15 is 0 Å². The van der Waals surface area contributed by atoms with Crippen LogP contribution in [0.1, 0.15) is 5.56 Å². The highest BCUT2D eigenvalue weighted by Crippen LogP contribution is 2.23. The number of fused-ring (bicyclic) bond motifs is 3. The summed E-state index contributed by atoms with van der Waals surface area (Å²) < 4.78 is 1.88. The summed E-state index contributed by atoms with van der Waals surface area (Å²) in [5.41, 5.74) is 4.19. The predicted molar refractivity (Wildman–Crippen MR) is 118 cm³/mol. The maximum atomic E-state index is 12.5. The number of hydrogen-bond donors (Lipinski definition) is 1. The lowest BCUT2D eigenvalue weighted by Crippen LogP contribution is -2.45. The molecule has 29 heavy (non-hydrogen) atoms. The first-order valence-electron chi connectivity index (χ1n) is 10.2. The van der Waals surface area contributed by atoms with Crippen LogP contribution in [0.3, 0.4) is 0 Å². The highest BCUT2D eigenvalue weighted by atomic mass is 16.1. The maximum absolute atomic E-state index is 12.5. The van der Waals surface area contributed by atoms with E-state index in [9.17, 15) is 4.79 Å². The lowest BCUT2D eigenvalue weighted by molar-refractivity contribution is 0.154. The number of aromatic nitrogens is 2. The van der Waals surface area contributed by atoms with E-state index in [1.54, 1.807) is 0 Å². The lowest BCUT2D eigenvalue weighted by atomic mass is 10.1. The molecule has 0 spiro atoms. The number of H-pyrrole nitrogens is 1. The van der Waals surface area contributed by atoms with Gasteiger partial charge in [-0.2, -0.15) is 0 Å². The normalized spacial score (nSPS) is 18.1. The van der Waals surface area contributed by atoms with Gasteiger partial charge in [0, 0.05) is 82.0 Å². The number of likely N-dealkylation sites (N-methyl/N-ethyl adjacent to an activating group) is 1. The second-order valence-corrected chi connectivity index (χ2v) is 8.18. The molecule has 1 fully saturated rings. The summed E-state index contributed by atoms with van der Waals surface area (Å²) in [6, 6.07) is 8.50. The molecule has 2 aliphatic rings. The first-order chi connectivity index (χ1) is 14.1. The standard InChI is InChI=1S/C23H27N5O/c1-25-8-3-4-18(16-25)28-12-10-27(11-13-28)15-17-5-6-19-20-7-9-26(2)22(20)23(29)24-21(19)14-17/h3-7,9,14,16H,8,10-13,15H2,1-2H3,(H,24,29). The molecule has 0 unspecified atom stereocenters. The molecule has 1 saturated heterocycles. The number of rotatable bonds is 3. The van der Waals surface area contributed by atoms with Crippen LogP contribution in [-0.4, -0.2) is 64.0 Å². The van der Waals surface area contributed by atoms with Crippen LogP contribution in [-0.2, 0) is 13.6 Å². The number of aryl methyl sites for hydroxylation is 1. The van der Waals surface area contributed by atoms with Crippen molar-refractivity contribution in [1.82, 2.24) is 24.3 Å². The van der Waals surface area contributed by atoms with E-state index in [2.05, 4.69) is 63.3 Å². The Morgan fingerprint density at radius 1 is 1.03 bits per heavy atom. The Morgan fingerprint density at radius 3 is 2.66 bits per heavy atom. The van der Waals surface area contributed by atoms with Crippen molar-refractivity contribution in [2.75, 3.05) is 39.8 Å². The van der Waals surface area contributed by atoms with E-state index < -0.39 is 0 Å². The van der Waals surface area contributed by atoms with Gasteiger partial charge in [0.15, 0.2) is 0 Å². The second kappa shape index (κ2) is 7.12. The molecule has 150 valence electrons. The van der Waals surface area contributed by atoms with Gasteiger partial charge in [0.1, 0.15) is 5.52 Å².